The Morgan fingerprint density at radius 3 is 2.68 bits per heavy atom. The number of carbonyl (C=O) groups excluding carboxylic acids is 2. The predicted octanol–water partition coefficient (Wildman–Crippen LogP) is 3.49. The summed E-state index contributed by atoms with van der Waals surface area (Å²) in [4.78, 5) is 28.0. The molecule has 2 heterocycles. The summed E-state index contributed by atoms with van der Waals surface area (Å²) in [7, 11) is 1.62. The van der Waals surface area contributed by atoms with Crippen LogP contribution in [0.3, 0.4) is 0 Å². The molecule has 7 nitrogen and oxygen atoms in total. The third kappa shape index (κ3) is 4.37. The number of carbonyl (C=O) groups is 2. The Labute approximate surface area is 196 Å². The van der Waals surface area contributed by atoms with E-state index in [4.69, 9.17) is 4.74 Å². The molecule has 2 aromatic carbocycles. The van der Waals surface area contributed by atoms with Crippen molar-refractivity contribution in [3.05, 3.63) is 76.6 Å². The first kappa shape index (κ1) is 23.4. The van der Waals surface area contributed by atoms with Crippen molar-refractivity contribution >= 4 is 17.5 Å². The summed E-state index contributed by atoms with van der Waals surface area (Å²) >= 11 is 0. The summed E-state index contributed by atoms with van der Waals surface area (Å²) in [6, 6.07) is 9.37. The van der Waals surface area contributed by atoms with Gasteiger partial charge in [-0.1, -0.05) is 26.0 Å². The van der Waals surface area contributed by atoms with Crippen LogP contribution in [-0.4, -0.2) is 41.3 Å². The van der Waals surface area contributed by atoms with Crippen molar-refractivity contribution in [1.82, 2.24) is 15.1 Å². The fraction of sp³-hybridized carbons (Fsp3) is 0.320. The molecule has 1 aliphatic rings. The lowest BCUT2D eigenvalue weighted by Crippen LogP contribution is -2.49. The number of ether oxygens (including phenoxy) is 1. The SMILES string of the molecule is CCc1nn(Cc2cc(F)ccc2F)c(C(=O)NC2COc3ccccc3N(C)C2=O)c1CC. The van der Waals surface area contributed by atoms with Gasteiger partial charge in [-0.25, -0.2) is 8.78 Å². The minimum atomic E-state index is -0.936. The number of hydrogen-bond donors (Lipinski definition) is 1. The van der Waals surface area contributed by atoms with E-state index >= 15 is 0 Å². The first-order valence-electron chi connectivity index (χ1n) is 11.2. The molecule has 0 saturated carbocycles. The first-order chi connectivity index (χ1) is 16.3. The molecule has 1 unspecified atom stereocenters. The highest BCUT2D eigenvalue weighted by Gasteiger charge is 2.32. The number of anilines is 1. The Kier molecular flexibility index (Phi) is 6.63. The fourth-order valence-electron chi connectivity index (χ4n) is 4.18. The molecule has 0 aliphatic carbocycles. The summed E-state index contributed by atoms with van der Waals surface area (Å²) in [5, 5.41) is 7.28. The number of likely N-dealkylation sites (N-methyl/N-ethyl adjacent to an activating group) is 1. The lowest BCUT2D eigenvalue weighted by molar-refractivity contribution is -0.120. The van der Waals surface area contributed by atoms with E-state index in [1.165, 1.54) is 9.58 Å². The minimum absolute atomic E-state index is 0.0410. The number of amides is 2. The van der Waals surface area contributed by atoms with Crippen molar-refractivity contribution in [1.29, 1.82) is 0 Å². The number of rotatable bonds is 6. The van der Waals surface area contributed by atoms with E-state index in [0.717, 1.165) is 18.2 Å². The topological polar surface area (TPSA) is 76.5 Å². The van der Waals surface area contributed by atoms with Crippen molar-refractivity contribution in [3.63, 3.8) is 0 Å². The maximum Gasteiger partial charge on any atom is 0.270 e. The lowest BCUT2D eigenvalue weighted by Gasteiger charge is -2.21. The van der Waals surface area contributed by atoms with Gasteiger partial charge >= 0.3 is 0 Å². The van der Waals surface area contributed by atoms with Crippen LogP contribution < -0.4 is 15.0 Å². The van der Waals surface area contributed by atoms with Crippen LogP contribution in [0.5, 0.6) is 5.75 Å². The molecule has 0 spiro atoms. The van der Waals surface area contributed by atoms with Gasteiger partial charge in [0.1, 0.15) is 35.7 Å². The number of halogens is 2. The molecule has 4 rings (SSSR count). The van der Waals surface area contributed by atoms with Crippen LogP contribution in [-0.2, 0) is 24.2 Å². The van der Waals surface area contributed by atoms with E-state index in [1.54, 1.807) is 31.3 Å². The summed E-state index contributed by atoms with van der Waals surface area (Å²) in [6.07, 6.45) is 1.07. The summed E-state index contributed by atoms with van der Waals surface area (Å²) in [6.45, 7) is 3.63. The van der Waals surface area contributed by atoms with Crippen molar-refractivity contribution in [3.8, 4) is 5.75 Å². The summed E-state index contributed by atoms with van der Waals surface area (Å²) < 4.78 is 35.2. The molecule has 0 radical (unpaired) electrons. The molecule has 2 amide bonds. The van der Waals surface area contributed by atoms with Gasteiger partial charge < -0.3 is 15.0 Å². The Bertz CT molecular complexity index is 1240. The average molecular weight is 469 g/mol. The van der Waals surface area contributed by atoms with Crippen LogP contribution in [0, 0.1) is 11.6 Å². The van der Waals surface area contributed by atoms with E-state index in [-0.39, 0.29) is 30.3 Å². The van der Waals surface area contributed by atoms with Gasteiger partial charge in [-0.2, -0.15) is 5.10 Å². The van der Waals surface area contributed by atoms with Crippen LogP contribution in [0.25, 0.3) is 0 Å². The van der Waals surface area contributed by atoms with Gasteiger partial charge in [0.15, 0.2) is 0 Å². The highest BCUT2D eigenvalue weighted by atomic mass is 19.1. The molecule has 0 bridgehead atoms. The monoisotopic (exact) mass is 468 g/mol. The average Bonchev–Trinajstić information content (AvgIpc) is 3.15. The Balaban J connectivity index is 1.65. The van der Waals surface area contributed by atoms with Gasteiger partial charge in [-0.3, -0.25) is 14.3 Å². The molecule has 3 aromatic rings. The smallest absolute Gasteiger partial charge is 0.270 e. The first-order valence-corrected chi connectivity index (χ1v) is 11.2. The second-order valence-corrected chi connectivity index (χ2v) is 8.08. The quantitative estimate of drug-likeness (QED) is 0.601. The predicted molar refractivity (Wildman–Crippen MR) is 123 cm³/mol. The van der Waals surface area contributed by atoms with Crippen molar-refractivity contribution in [2.75, 3.05) is 18.6 Å². The van der Waals surface area contributed by atoms with E-state index in [2.05, 4.69) is 10.4 Å². The van der Waals surface area contributed by atoms with E-state index in [9.17, 15) is 18.4 Å². The molecule has 1 atom stereocenters. The number of aryl methyl sites for hydroxylation is 1. The lowest BCUT2D eigenvalue weighted by atomic mass is 10.1. The number of aromatic nitrogens is 2. The Morgan fingerprint density at radius 1 is 1.18 bits per heavy atom. The number of benzene rings is 2. The highest BCUT2D eigenvalue weighted by Crippen LogP contribution is 2.30. The molecule has 1 aliphatic heterocycles. The maximum absolute atomic E-state index is 14.3. The zero-order chi connectivity index (χ0) is 24.4. The number of nitrogens with zero attached hydrogens (tertiary/aromatic N) is 3. The third-order valence-corrected chi connectivity index (χ3v) is 5.93. The molecule has 178 valence electrons. The van der Waals surface area contributed by atoms with Crippen molar-refractivity contribution < 1.29 is 23.1 Å². The Hall–Kier alpha value is -3.75. The zero-order valence-electron chi connectivity index (χ0n) is 19.3. The van der Waals surface area contributed by atoms with Gasteiger partial charge in [0, 0.05) is 18.2 Å². The molecular weight excluding hydrogens is 442 g/mol. The van der Waals surface area contributed by atoms with Crippen LogP contribution in [0.2, 0.25) is 0 Å². The van der Waals surface area contributed by atoms with Crippen LogP contribution in [0.15, 0.2) is 42.5 Å². The summed E-state index contributed by atoms with van der Waals surface area (Å²) in [5.74, 6) is -1.48. The molecular formula is C25H26F2N4O3. The second-order valence-electron chi connectivity index (χ2n) is 8.08. The molecule has 1 N–H and O–H groups in total. The standard InChI is InChI=1S/C25H26F2N4O3/c1-4-17-19(5-2)29-31(13-15-12-16(26)10-11-18(15)27)23(17)24(32)28-20-14-34-22-9-7-6-8-21(22)30(3)25(20)33/h6-12,20H,4-5,13-14H2,1-3H3,(H,28,32). The molecule has 0 fully saturated rings. The van der Waals surface area contributed by atoms with Crippen LogP contribution >= 0.6 is 0 Å². The number of fused-ring (bicyclic) bond motifs is 1. The Morgan fingerprint density at radius 2 is 1.94 bits per heavy atom. The third-order valence-electron chi connectivity index (χ3n) is 5.93. The van der Waals surface area contributed by atoms with Crippen molar-refractivity contribution in [2.24, 2.45) is 0 Å². The van der Waals surface area contributed by atoms with E-state index in [1.807, 2.05) is 13.8 Å². The number of para-hydroxylation sites is 2. The summed E-state index contributed by atoms with van der Waals surface area (Å²) in [5.41, 5.74) is 2.30. The molecule has 9 heteroatoms. The largest absolute Gasteiger partial charge is 0.489 e. The van der Waals surface area contributed by atoms with E-state index in [0.29, 0.717) is 35.5 Å². The maximum atomic E-state index is 14.3. The minimum Gasteiger partial charge on any atom is -0.489 e. The number of hydrogen-bond acceptors (Lipinski definition) is 4. The normalized spacial score (nSPS) is 15.5. The van der Waals surface area contributed by atoms with Crippen LogP contribution in [0.4, 0.5) is 14.5 Å². The van der Waals surface area contributed by atoms with Gasteiger partial charge in [-0.15, -0.1) is 0 Å². The number of nitrogens with one attached hydrogen (secondary N) is 1. The van der Waals surface area contributed by atoms with Crippen LogP contribution in [0.1, 0.15) is 41.2 Å². The van der Waals surface area contributed by atoms with Gasteiger partial charge in [0.25, 0.3) is 11.8 Å². The molecule has 34 heavy (non-hydrogen) atoms. The molecule has 0 saturated heterocycles. The van der Waals surface area contributed by atoms with Crippen molar-refractivity contribution in [2.45, 2.75) is 39.3 Å². The van der Waals surface area contributed by atoms with Gasteiger partial charge in [0.2, 0.25) is 0 Å². The zero-order valence-corrected chi connectivity index (χ0v) is 19.3. The fourth-order valence-corrected chi connectivity index (χ4v) is 4.18. The van der Waals surface area contributed by atoms with Gasteiger partial charge in [-0.05, 0) is 43.2 Å². The van der Waals surface area contributed by atoms with E-state index < -0.39 is 23.6 Å². The highest BCUT2D eigenvalue weighted by molar-refractivity contribution is 6.03. The molecule has 1 aromatic heterocycles. The second kappa shape index (κ2) is 9.62. The van der Waals surface area contributed by atoms with Gasteiger partial charge in [0.05, 0.1) is 17.9 Å².